The zero-order valence-corrected chi connectivity index (χ0v) is 10.0. The van der Waals surface area contributed by atoms with Gasteiger partial charge in [-0.05, 0) is 31.0 Å². The van der Waals surface area contributed by atoms with Gasteiger partial charge >= 0.3 is 0 Å². The van der Waals surface area contributed by atoms with Crippen molar-refractivity contribution >= 4 is 11.6 Å². The van der Waals surface area contributed by atoms with Crippen molar-refractivity contribution in [2.75, 3.05) is 5.73 Å². The molecule has 1 aliphatic rings. The van der Waals surface area contributed by atoms with Crippen molar-refractivity contribution < 1.29 is 14.3 Å². The Hall–Kier alpha value is -1.62. The van der Waals surface area contributed by atoms with Gasteiger partial charge in [0, 0.05) is 5.69 Å². The van der Waals surface area contributed by atoms with Crippen molar-refractivity contribution in [3.8, 4) is 0 Å². The van der Waals surface area contributed by atoms with E-state index in [0.29, 0.717) is 12.1 Å². The highest BCUT2D eigenvalue weighted by Gasteiger charge is 2.25. The van der Waals surface area contributed by atoms with Gasteiger partial charge in [-0.15, -0.1) is 0 Å². The molecule has 1 aromatic carbocycles. The van der Waals surface area contributed by atoms with Crippen LogP contribution in [0.3, 0.4) is 0 Å². The number of nitrogens with one attached hydrogen (secondary N) is 1. The first-order chi connectivity index (χ1) is 8.58. The number of benzene rings is 1. The molecule has 0 radical (unpaired) electrons. The van der Waals surface area contributed by atoms with E-state index in [-0.39, 0.29) is 11.6 Å². The van der Waals surface area contributed by atoms with Gasteiger partial charge in [-0.2, -0.15) is 0 Å². The molecule has 0 bridgehead atoms. The van der Waals surface area contributed by atoms with Crippen LogP contribution in [0.2, 0.25) is 0 Å². The minimum absolute atomic E-state index is 0.0761. The van der Waals surface area contributed by atoms with E-state index in [1.54, 1.807) is 0 Å². The van der Waals surface area contributed by atoms with E-state index in [1.807, 2.05) is 0 Å². The number of aliphatic hydroxyl groups is 1. The van der Waals surface area contributed by atoms with Gasteiger partial charge in [0.15, 0.2) is 0 Å². The second kappa shape index (κ2) is 5.35. The smallest absolute Gasteiger partial charge is 0.254 e. The molecule has 1 amide bonds. The maximum Gasteiger partial charge on any atom is 0.254 e. The summed E-state index contributed by atoms with van der Waals surface area (Å²) in [6.07, 6.45) is 2.76. The molecule has 0 heterocycles. The Morgan fingerprint density at radius 1 is 1.39 bits per heavy atom. The number of amides is 1. The molecule has 2 atom stereocenters. The van der Waals surface area contributed by atoms with Crippen LogP contribution in [0, 0.1) is 5.82 Å². The Morgan fingerprint density at radius 3 is 2.83 bits per heavy atom. The van der Waals surface area contributed by atoms with Gasteiger partial charge in [0.1, 0.15) is 5.82 Å². The summed E-state index contributed by atoms with van der Waals surface area (Å²) in [5, 5.41) is 12.4. The number of nitrogen functional groups attached to an aromatic ring is 1. The van der Waals surface area contributed by atoms with E-state index in [0.717, 1.165) is 19.3 Å². The number of aliphatic hydroxyl groups excluding tert-OH is 1. The fourth-order valence-electron chi connectivity index (χ4n) is 2.24. The van der Waals surface area contributed by atoms with E-state index < -0.39 is 17.8 Å². The first-order valence-electron chi connectivity index (χ1n) is 6.12. The van der Waals surface area contributed by atoms with Crippen LogP contribution < -0.4 is 11.1 Å². The zero-order valence-electron chi connectivity index (χ0n) is 10.0. The number of carbonyl (C=O) groups is 1. The summed E-state index contributed by atoms with van der Waals surface area (Å²) in [5.74, 6) is -1.13. The first kappa shape index (κ1) is 12.8. The molecule has 1 saturated carbocycles. The van der Waals surface area contributed by atoms with Crippen LogP contribution in [0.1, 0.15) is 36.0 Å². The summed E-state index contributed by atoms with van der Waals surface area (Å²) in [4.78, 5) is 11.9. The van der Waals surface area contributed by atoms with Crippen LogP contribution in [0.4, 0.5) is 10.1 Å². The number of hydrogen-bond donors (Lipinski definition) is 3. The number of rotatable bonds is 2. The molecule has 18 heavy (non-hydrogen) atoms. The molecular formula is C13H17FN2O2. The Kier molecular flexibility index (Phi) is 3.81. The summed E-state index contributed by atoms with van der Waals surface area (Å²) in [6.45, 7) is 0. The number of carbonyl (C=O) groups excluding carboxylic acids is 1. The standard InChI is InChI=1S/C13H17FN2O2/c14-10-6-5-8(15)7-9(10)13(18)16-11-3-1-2-4-12(11)17/h5-7,11-12,17H,1-4,15H2,(H,16,18). The average molecular weight is 252 g/mol. The second-order valence-electron chi connectivity index (χ2n) is 4.67. The van der Waals surface area contributed by atoms with Gasteiger partial charge in [-0.3, -0.25) is 4.79 Å². The number of anilines is 1. The topological polar surface area (TPSA) is 75.4 Å². The number of nitrogens with two attached hydrogens (primary N) is 1. The lowest BCUT2D eigenvalue weighted by atomic mass is 9.92. The maximum atomic E-state index is 13.5. The highest BCUT2D eigenvalue weighted by molar-refractivity contribution is 5.95. The Bertz CT molecular complexity index is 451. The van der Waals surface area contributed by atoms with E-state index >= 15 is 0 Å². The van der Waals surface area contributed by atoms with Crippen molar-refractivity contribution in [1.82, 2.24) is 5.32 Å². The van der Waals surface area contributed by atoms with Crippen molar-refractivity contribution in [1.29, 1.82) is 0 Å². The van der Waals surface area contributed by atoms with Gasteiger partial charge in [0.2, 0.25) is 0 Å². The lowest BCUT2D eigenvalue weighted by Gasteiger charge is -2.28. The third kappa shape index (κ3) is 2.79. The minimum Gasteiger partial charge on any atom is -0.399 e. The molecule has 1 aliphatic carbocycles. The Morgan fingerprint density at radius 2 is 2.11 bits per heavy atom. The van der Waals surface area contributed by atoms with Crippen LogP contribution in [0.25, 0.3) is 0 Å². The molecule has 2 rings (SSSR count). The van der Waals surface area contributed by atoms with Crippen LogP contribution >= 0.6 is 0 Å². The lowest BCUT2D eigenvalue weighted by molar-refractivity contribution is 0.0714. The third-order valence-corrected chi connectivity index (χ3v) is 3.28. The number of hydrogen-bond acceptors (Lipinski definition) is 3. The first-order valence-corrected chi connectivity index (χ1v) is 6.12. The molecule has 1 aromatic rings. The summed E-state index contributed by atoms with van der Waals surface area (Å²) < 4.78 is 13.5. The molecule has 4 N–H and O–H groups in total. The predicted molar refractivity (Wildman–Crippen MR) is 66.5 cm³/mol. The average Bonchev–Trinajstić information content (AvgIpc) is 2.35. The fraction of sp³-hybridized carbons (Fsp3) is 0.462. The van der Waals surface area contributed by atoms with Gasteiger partial charge in [0.05, 0.1) is 17.7 Å². The molecule has 5 heteroatoms. The third-order valence-electron chi connectivity index (χ3n) is 3.28. The summed E-state index contributed by atoms with van der Waals surface area (Å²) in [7, 11) is 0. The van der Waals surface area contributed by atoms with Crippen LogP contribution in [-0.4, -0.2) is 23.2 Å². The highest BCUT2D eigenvalue weighted by atomic mass is 19.1. The highest BCUT2D eigenvalue weighted by Crippen LogP contribution is 2.19. The van der Waals surface area contributed by atoms with Crippen LogP contribution in [-0.2, 0) is 0 Å². The van der Waals surface area contributed by atoms with Crippen molar-refractivity contribution in [3.63, 3.8) is 0 Å². The van der Waals surface area contributed by atoms with Gasteiger partial charge in [-0.1, -0.05) is 12.8 Å². The molecule has 0 aromatic heterocycles. The van der Waals surface area contributed by atoms with E-state index in [9.17, 15) is 14.3 Å². The number of halogens is 1. The van der Waals surface area contributed by atoms with E-state index in [4.69, 9.17) is 5.73 Å². The monoisotopic (exact) mass is 252 g/mol. The normalized spacial score (nSPS) is 23.7. The Balaban J connectivity index is 2.09. The van der Waals surface area contributed by atoms with Crippen molar-refractivity contribution in [2.45, 2.75) is 37.8 Å². The minimum atomic E-state index is -0.605. The van der Waals surface area contributed by atoms with Crippen molar-refractivity contribution in [2.24, 2.45) is 0 Å². The zero-order chi connectivity index (χ0) is 13.1. The molecule has 4 nitrogen and oxygen atoms in total. The quantitative estimate of drug-likeness (QED) is 0.697. The van der Waals surface area contributed by atoms with Crippen LogP contribution in [0.5, 0.6) is 0 Å². The summed E-state index contributed by atoms with van der Waals surface area (Å²) in [6, 6.07) is 3.58. The summed E-state index contributed by atoms with van der Waals surface area (Å²) >= 11 is 0. The maximum absolute atomic E-state index is 13.5. The largest absolute Gasteiger partial charge is 0.399 e. The van der Waals surface area contributed by atoms with E-state index in [1.165, 1.54) is 18.2 Å². The molecule has 0 aliphatic heterocycles. The molecular weight excluding hydrogens is 235 g/mol. The van der Waals surface area contributed by atoms with Crippen molar-refractivity contribution in [3.05, 3.63) is 29.6 Å². The molecule has 98 valence electrons. The predicted octanol–water partition coefficient (Wildman–Crippen LogP) is 1.44. The summed E-state index contributed by atoms with van der Waals surface area (Å²) in [5.41, 5.74) is 5.79. The SMILES string of the molecule is Nc1ccc(F)c(C(=O)NC2CCCCC2O)c1. The second-order valence-corrected chi connectivity index (χ2v) is 4.67. The molecule has 0 spiro atoms. The fourth-order valence-corrected chi connectivity index (χ4v) is 2.24. The Labute approximate surface area is 105 Å². The molecule has 2 unspecified atom stereocenters. The van der Waals surface area contributed by atoms with Crippen LogP contribution in [0.15, 0.2) is 18.2 Å². The van der Waals surface area contributed by atoms with E-state index in [2.05, 4.69) is 5.32 Å². The molecule has 1 fully saturated rings. The van der Waals surface area contributed by atoms with Gasteiger partial charge in [0.25, 0.3) is 5.91 Å². The lowest BCUT2D eigenvalue weighted by Crippen LogP contribution is -2.45. The molecule has 0 saturated heterocycles. The van der Waals surface area contributed by atoms with Gasteiger partial charge < -0.3 is 16.2 Å². The van der Waals surface area contributed by atoms with Gasteiger partial charge in [-0.25, -0.2) is 4.39 Å².